The maximum absolute atomic E-state index is 4.53. The van der Waals surface area contributed by atoms with Crippen LogP contribution >= 0.6 is 0 Å². The van der Waals surface area contributed by atoms with Crippen molar-refractivity contribution >= 4 is 16.6 Å². The normalized spacial score (nSPS) is 11.1. The molecule has 0 radical (unpaired) electrons. The lowest BCUT2D eigenvalue weighted by atomic mass is 10.0. The molecule has 24 heavy (non-hydrogen) atoms. The topological polar surface area (TPSA) is 30.2 Å². The van der Waals surface area contributed by atoms with Crippen molar-refractivity contribution in [2.24, 2.45) is 12.0 Å². The highest BCUT2D eigenvalue weighted by atomic mass is 15.0. The van der Waals surface area contributed by atoms with Gasteiger partial charge in [0.05, 0.1) is 11.4 Å². The third kappa shape index (κ3) is 3.16. The van der Waals surface area contributed by atoms with E-state index in [1.54, 1.807) is 6.20 Å². The Labute approximate surface area is 144 Å². The fraction of sp³-hybridized carbons (Fsp3) is 0.238. The Morgan fingerprint density at radius 3 is 2.42 bits per heavy atom. The summed E-state index contributed by atoms with van der Waals surface area (Å²) in [6, 6.07) is 12.5. The Hall–Kier alpha value is -2.68. The SMILES string of the molecule is C=CN=C(c1ccc(C)nc1)c1c(C)c2ccccc2n1C.CC. The van der Waals surface area contributed by atoms with Gasteiger partial charge in [-0.25, -0.2) is 0 Å². The van der Waals surface area contributed by atoms with Gasteiger partial charge in [-0.15, -0.1) is 0 Å². The lowest BCUT2D eigenvalue weighted by Crippen LogP contribution is -2.10. The molecule has 124 valence electrons. The summed E-state index contributed by atoms with van der Waals surface area (Å²) >= 11 is 0. The van der Waals surface area contributed by atoms with Gasteiger partial charge in [-0.1, -0.05) is 38.6 Å². The van der Waals surface area contributed by atoms with Crippen molar-refractivity contribution in [1.29, 1.82) is 0 Å². The van der Waals surface area contributed by atoms with E-state index >= 15 is 0 Å². The van der Waals surface area contributed by atoms with Crippen LogP contribution in [0.5, 0.6) is 0 Å². The summed E-state index contributed by atoms with van der Waals surface area (Å²) in [4.78, 5) is 8.93. The fourth-order valence-corrected chi connectivity index (χ4v) is 2.89. The monoisotopic (exact) mass is 319 g/mol. The second-order valence-electron chi connectivity index (χ2n) is 5.40. The first-order valence-corrected chi connectivity index (χ1v) is 8.29. The van der Waals surface area contributed by atoms with Crippen LogP contribution in [0.4, 0.5) is 0 Å². The number of aromatic nitrogens is 2. The molecular formula is C21H25N3. The fourth-order valence-electron chi connectivity index (χ4n) is 2.89. The van der Waals surface area contributed by atoms with E-state index in [2.05, 4.69) is 65.4 Å². The van der Waals surface area contributed by atoms with Crippen molar-refractivity contribution in [1.82, 2.24) is 9.55 Å². The Balaban J connectivity index is 0.00000100. The van der Waals surface area contributed by atoms with Gasteiger partial charge in [0, 0.05) is 41.6 Å². The molecule has 0 unspecified atom stereocenters. The number of para-hydroxylation sites is 1. The predicted octanol–water partition coefficient (Wildman–Crippen LogP) is 5.20. The van der Waals surface area contributed by atoms with Crippen LogP contribution in [-0.2, 0) is 7.05 Å². The van der Waals surface area contributed by atoms with E-state index in [9.17, 15) is 0 Å². The molecule has 0 aliphatic rings. The summed E-state index contributed by atoms with van der Waals surface area (Å²) in [7, 11) is 2.07. The van der Waals surface area contributed by atoms with Crippen LogP contribution in [0.1, 0.15) is 36.4 Å². The lowest BCUT2D eigenvalue weighted by Gasteiger charge is -2.10. The van der Waals surface area contributed by atoms with Gasteiger partial charge in [-0.05, 0) is 37.6 Å². The van der Waals surface area contributed by atoms with E-state index in [1.807, 2.05) is 33.0 Å². The highest BCUT2D eigenvalue weighted by Crippen LogP contribution is 2.26. The van der Waals surface area contributed by atoms with Gasteiger partial charge >= 0.3 is 0 Å². The highest BCUT2D eigenvalue weighted by Gasteiger charge is 2.17. The Bertz CT molecular complexity index is 829. The van der Waals surface area contributed by atoms with Crippen molar-refractivity contribution in [3.8, 4) is 0 Å². The molecule has 2 aromatic heterocycles. The molecule has 3 aromatic rings. The number of benzene rings is 1. The molecule has 0 saturated heterocycles. The number of rotatable bonds is 3. The zero-order valence-corrected chi connectivity index (χ0v) is 15.2. The van der Waals surface area contributed by atoms with Crippen LogP contribution in [0.25, 0.3) is 10.9 Å². The second-order valence-corrected chi connectivity index (χ2v) is 5.40. The maximum Gasteiger partial charge on any atom is 0.0956 e. The number of hydrogen-bond donors (Lipinski definition) is 0. The van der Waals surface area contributed by atoms with Crippen LogP contribution in [0.3, 0.4) is 0 Å². The second kappa shape index (κ2) is 7.73. The molecule has 0 amide bonds. The van der Waals surface area contributed by atoms with E-state index in [0.717, 1.165) is 22.7 Å². The number of nitrogens with zero attached hydrogens (tertiary/aromatic N) is 3. The van der Waals surface area contributed by atoms with Gasteiger partial charge in [0.25, 0.3) is 0 Å². The zero-order valence-electron chi connectivity index (χ0n) is 15.2. The first-order chi connectivity index (χ1) is 11.6. The highest BCUT2D eigenvalue weighted by molar-refractivity contribution is 6.15. The molecule has 0 atom stereocenters. The van der Waals surface area contributed by atoms with Crippen LogP contribution < -0.4 is 0 Å². The number of hydrogen-bond acceptors (Lipinski definition) is 2. The quantitative estimate of drug-likeness (QED) is 0.610. The molecular weight excluding hydrogens is 294 g/mol. The zero-order chi connectivity index (χ0) is 17.7. The largest absolute Gasteiger partial charge is 0.342 e. The van der Waals surface area contributed by atoms with Gasteiger partial charge in [-0.2, -0.15) is 0 Å². The molecule has 3 rings (SSSR count). The lowest BCUT2D eigenvalue weighted by molar-refractivity contribution is 0.948. The minimum atomic E-state index is 0.902. The molecule has 1 aromatic carbocycles. The Kier molecular flexibility index (Phi) is 5.69. The average Bonchev–Trinajstić information content (AvgIpc) is 2.87. The minimum Gasteiger partial charge on any atom is -0.342 e. The average molecular weight is 319 g/mol. The first-order valence-electron chi connectivity index (χ1n) is 8.29. The van der Waals surface area contributed by atoms with E-state index in [4.69, 9.17) is 0 Å². The van der Waals surface area contributed by atoms with Crippen LogP contribution in [-0.4, -0.2) is 15.3 Å². The molecule has 3 nitrogen and oxygen atoms in total. The van der Waals surface area contributed by atoms with E-state index in [-0.39, 0.29) is 0 Å². The predicted molar refractivity (Wildman–Crippen MR) is 104 cm³/mol. The summed E-state index contributed by atoms with van der Waals surface area (Å²) in [5.74, 6) is 0. The van der Waals surface area contributed by atoms with E-state index < -0.39 is 0 Å². The summed E-state index contributed by atoms with van der Waals surface area (Å²) in [6.07, 6.45) is 3.46. The standard InChI is InChI=1S/C19H19N3.C2H6/c1-5-20-18(15-11-10-13(2)21-12-15)19-14(3)16-8-6-7-9-17(16)22(19)4;1-2/h5-12H,1H2,2-4H3;1-2H3. The number of pyridine rings is 1. The molecule has 0 spiro atoms. The maximum atomic E-state index is 4.53. The third-order valence-electron chi connectivity index (χ3n) is 3.99. The van der Waals surface area contributed by atoms with Gasteiger partial charge in [0.2, 0.25) is 0 Å². The molecule has 0 aliphatic heterocycles. The molecule has 3 heteroatoms. The van der Waals surface area contributed by atoms with Crippen molar-refractivity contribution in [3.05, 3.63) is 77.9 Å². The number of fused-ring (bicyclic) bond motifs is 1. The van der Waals surface area contributed by atoms with Crippen molar-refractivity contribution in [3.63, 3.8) is 0 Å². The van der Waals surface area contributed by atoms with Gasteiger partial charge in [0.1, 0.15) is 0 Å². The molecule has 0 bridgehead atoms. The molecule has 0 fully saturated rings. The third-order valence-corrected chi connectivity index (χ3v) is 3.99. The molecule has 0 aliphatic carbocycles. The molecule has 2 heterocycles. The summed E-state index contributed by atoms with van der Waals surface area (Å²) in [6.45, 7) is 11.9. The summed E-state index contributed by atoms with van der Waals surface area (Å²) in [5.41, 5.74) is 6.42. The van der Waals surface area contributed by atoms with E-state index in [0.29, 0.717) is 0 Å². The first kappa shape index (κ1) is 17.7. The smallest absolute Gasteiger partial charge is 0.0956 e. The number of aliphatic imine (C=N–C) groups is 1. The van der Waals surface area contributed by atoms with Crippen molar-refractivity contribution in [2.75, 3.05) is 0 Å². The van der Waals surface area contributed by atoms with Crippen molar-refractivity contribution in [2.45, 2.75) is 27.7 Å². The van der Waals surface area contributed by atoms with Crippen LogP contribution in [0.2, 0.25) is 0 Å². The Morgan fingerprint density at radius 1 is 1.12 bits per heavy atom. The van der Waals surface area contributed by atoms with Crippen LogP contribution in [0.15, 0.2) is 60.4 Å². The van der Waals surface area contributed by atoms with Gasteiger partial charge < -0.3 is 4.57 Å². The molecule has 0 saturated carbocycles. The Morgan fingerprint density at radius 2 is 1.83 bits per heavy atom. The summed E-state index contributed by atoms with van der Waals surface area (Å²) in [5, 5.41) is 1.25. The number of aryl methyl sites for hydroxylation is 3. The minimum absolute atomic E-state index is 0.902. The van der Waals surface area contributed by atoms with Gasteiger partial charge in [-0.3, -0.25) is 9.98 Å². The van der Waals surface area contributed by atoms with Crippen molar-refractivity contribution < 1.29 is 0 Å². The molecule has 0 N–H and O–H groups in total. The summed E-state index contributed by atoms with van der Waals surface area (Å²) < 4.78 is 2.19. The van der Waals surface area contributed by atoms with Gasteiger partial charge in [0.15, 0.2) is 0 Å². The van der Waals surface area contributed by atoms with Crippen LogP contribution in [0, 0.1) is 13.8 Å². The van der Waals surface area contributed by atoms with E-state index in [1.165, 1.54) is 16.5 Å².